The third kappa shape index (κ3) is 7.05. The number of hydrogen-bond acceptors (Lipinski definition) is 4. The van der Waals surface area contributed by atoms with E-state index in [2.05, 4.69) is 0 Å². The second-order valence-electron chi connectivity index (χ2n) is 8.88. The molecule has 33 heavy (non-hydrogen) atoms. The number of halogens is 3. The highest BCUT2D eigenvalue weighted by molar-refractivity contribution is 5.88. The van der Waals surface area contributed by atoms with Gasteiger partial charge in [0.05, 0.1) is 19.3 Å². The molecule has 1 fully saturated rings. The molecular formula is C25H30F3NO4. The van der Waals surface area contributed by atoms with Crippen molar-refractivity contribution in [1.82, 2.24) is 0 Å². The number of carboxylic acid groups (broad SMARTS) is 1. The van der Waals surface area contributed by atoms with Crippen molar-refractivity contribution in [2.24, 2.45) is 5.92 Å². The molecule has 1 saturated heterocycles. The number of carboxylic acids is 1. The lowest BCUT2D eigenvalue weighted by Crippen LogP contribution is -2.37. The van der Waals surface area contributed by atoms with Crippen LogP contribution in [-0.4, -0.2) is 36.0 Å². The molecular weight excluding hydrogens is 435 g/mol. The van der Waals surface area contributed by atoms with Crippen molar-refractivity contribution < 1.29 is 32.5 Å². The third-order valence-corrected chi connectivity index (χ3v) is 6.49. The van der Waals surface area contributed by atoms with E-state index in [-0.39, 0.29) is 37.1 Å². The van der Waals surface area contributed by atoms with Crippen LogP contribution in [0.1, 0.15) is 63.4 Å². The van der Waals surface area contributed by atoms with Crippen molar-refractivity contribution in [2.45, 2.75) is 75.9 Å². The van der Waals surface area contributed by atoms with Crippen molar-refractivity contribution in [1.29, 1.82) is 5.26 Å². The van der Waals surface area contributed by atoms with Crippen molar-refractivity contribution in [3.8, 4) is 6.07 Å². The fraction of sp³-hybridized carbons (Fsp3) is 0.600. The van der Waals surface area contributed by atoms with Crippen LogP contribution >= 0.6 is 0 Å². The molecule has 1 aliphatic carbocycles. The van der Waals surface area contributed by atoms with E-state index < -0.39 is 30.0 Å². The van der Waals surface area contributed by atoms with Crippen LogP contribution in [0.15, 0.2) is 35.4 Å². The summed E-state index contributed by atoms with van der Waals surface area (Å²) in [6.45, 7) is 0.772. The Balaban J connectivity index is 1.81. The standard InChI is InChI=1S/C25H30F3NO4/c26-20-8-5-18(6-9-20)4-7-19(16-24(27,28)11-2-1-3-13-29)21-10-12-25(32-14-15-33-25)17-22(21)23(30)31/h5-6,8-9,19H,1-4,7,10-12,14-17H2,(H,30,31). The molecule has 180 valence electrons. The molecule has 1 aliphatic heterocycles. The summed E-state index contributed by atoms with van der Waals surface area (Å²) in [4.78, 5) is 12.1. The summed E-state index contributed by atoms with van der Waals surface area (Å²) in [5, 5.41) is 18.5. The van der Waals surface area contributed by atoms with E-state index in [0.29, 0.717) is 50.9 Å². The summed E-state index contributed by atoms with van der Waals surface area (Å²) in [7, 11) is 0. The van der Waals surface area contributed by atoms with E-state index in [1.807, 2.05) is 6.07 Å². The number of aliphatic carboxylic acids is 1. The maximum Gasteiger partial charge on any atom is 0.331 e. The second-order valence-corrected chi connectivity index (χ2v) is 8.88. The zero-order chi connectivity index (χ0) is 23.9. The van der Waals surface area contributed by atoms with Crippen LogP contribution in [-0.2, 0) is 20.7 Å². The summed E-state index contributed by atoms with van der Waals surface area (Å²) in [6.07, 6.45) is 1.64. The lowest BCUT2D eigenvalue weighted by molar-refractivity contribution is -0.168. The average molecular weight is 466 g/mol. The first kappa shape index (κ1) is 25.3. The minimum Gasteiger partial charge on any atom is -0.478 e. The Morgan fingerprint density at radius 3 is 2.55 bits per heavy atom. The maximum atomic E-state index is 14.9. The van der Waals surface area contributed by atoms with Crippen LogP contribution in [0, 0.1) is 23.1 Å². The van der Waals surface area contributed by atoms with Gasteiger partial charge in [-0.3, -0.25) is 0 Å². The molecule has 1 N–H and O–H groups in total. The Hall–Kier alpha value is -2.37. The van der Waals surface area contributed by atoms with Crippen molar-refractivity contribution in [2.75, 3.05) is 13.2 Å². The fourth-order valence-corrected chi connectivity index (χ4v) is 4.80. The number of allylic oxidation sites excluding steroid dienone is 1. The van der Waals surface area contributed by atoms with E-state index in [1.165, 1.54) is 12.1 Å². The van der Waals surface area contributed by atoms with Crippen LogP contribution in [0.3, 0.4) is 0 Å². The lowest BCUT2D eigenvalue weighted by Gasteiger charge is -2.36. The molecule has 8 heteroatoms. The highest BCUT2D eigenvalue weighted by Gasteiger charge is 2.45. The number of rotatable bonds is 11. The zero-order valence-corrected chi connectivity index (χ0v) is 18.6. The average Bonchev–Trinajstić information content (AvgIpc) is 3.23. The number of aryl methyl sites for hydroxylation is 1. The largest absolute Gasteiger partial charge is 0.478 e. The number of nitrogens with zero attached hydrogens (tertiary/aromatic N) is 1. The first-order valence-electron chi connectivity index (χ1n) is 11.5. The number of carbonyl (C=O) groups is 1. The molecule has 0 aromatic heterocycles. The molecule has 5 nitrogen and oxygen atoms in total. The molecule has 1 aromatic rings. The van der Waals surface area contributed by atoms with Gasteiger partial charge in [0.1, 0.15) is 5.82 Å². The molecule has 0 bridgehead atoms. The summed E-state index contributed by atoms with van der Waals surface area (Å²) >= 11 is 0. The summed E-state index contributed by atoms with van der Waals surface area (Å²) in [5.74, 6) is -6.09. The fourth-order valence-electron chi connectivity index (χ4n) is 4.80. The Labute approximate surface area is 192 Å². The van der Waals surface area contributed by atoms with Gasteiger partial charge in [0.15, 0.2) is 5.79 Å². The van der Waals surface area contributed by atoms with Gasteiger partial charge < -0.3 is 14.6 Å². The van der Waals surface area contributed by atoms with Crippen LogP contribution in [0.2, 0.25) is 0 Å². The minimum atomic E-state index is -2.98. The van der Waals surface area contributed by atoms with Crippen LogP contribution in [0.4, 0.5) is 13.2 Å². The molecule has 1 heterocycles. The highest BCUT2D eigenvalue weighted by atomic mass is 19.3. The van der Waals surface area contributed by atoms with Gasteiger partial charge in [-0.2, -0.15) is 5.26 Å². The second kappa shape index (κ2) is 11.2. The van der Waals surface area contributed by atoms with Crippen LogP contribution in [0.25, 0.3) is 0 Å². The number of benzene rings is 1. The van der Waals surface area contributed by atoms with Gasteiger partial charge in [0.2, 0.25) is 5.92 Å². The summed E-state index contributed by atoms with van der Waals surface area (Å²) in [5.41, 5.74) is 1.45. The Morgan fingerprint density at radius 2 is 1.91 bits per heavy atom. The Bertz CT molecular complexity index is 886. The van der Waals surface area contributed by atoms with Crippen molar-refractivity contribution in [3.63, 3.8) is 0 Å². The number of nitriles is 1. The minimum absolute atomic E-state index is 0.0401. The predicted molar refractivity (Wildman–Crippen MR) is 115 cm³/mol. The first-order chi connectivity index (χ1) is 15.7. The monoisotopic (exact) mass is 465 g/mol. The molecule has 0 saturated carbocycles. The normalized spacial score (nSPS) is 19.0. The topological polar surface area (TPSA) is 79.6 Å². The highest BCUT2D eigenvalue weighted by Crippen LogP contribution is 2.45. The van der Waals surface area contributed by atoms with Gasteiger partial charge in [-0.1, -0.05) is 17.7 Å². The van der Waals surface area contributed by atoms with E-state index in [1.54, 1.807) is 12.1 Å². The number of alkyl halides is 2. The van der Waals surface area contributed by atoms with Crippen molar-refractivity contribution in [3.05, 3.63) is 46.8 Å². The van der Waals surface area contributed by atoms with Crippen LogP contribution < -0.4 is 0 Å². The molecule has 2 aliphatic rings. The molecule has 0 amide bonds. The predicted octanol–water partition coefficient (Wildman–Crippen LogP) is 5.79. The summed E-state index contributed by atoms with van der Waals surface area (Å²) < 4.78 is 54.4. The van der Waals surface area contributed by atoms with Gasteiger partial charge in [-0.25, -0.2) is 18.0 Å². The molecule has 0 radical (unpaired) electrons. The van der Waals surface area contributed by atoms with E-state index >= 15 is 0 Å². The molecule has 1 aromatic carbocycles. The number of ether oxygens (including phenoxy) is 2. The van der Waals surface area contributed by atoms with Gasteiger partial charge in [-0.05, 0) is 55.7 Å². The summed E-state index contributed by atoms with van der Waals surface area (Å²) in [6, 6.07) is 7.86. The van der Waals surface area contributed by atoms with E-state index in [4.69, 9.17) is 14.7 Å². The van der Waals surface area contributed by atoms with E-state index in [0.717, 1.165) is 5.56 Å². The maximum absolute atomic E-state index is 14.9. The Kier molecular flexibility index (Phi) is 8.55. The van der Waals surface area contributed by atoms with Crippen LogP contribution in [0.5, 0.6) is 0 Å². The van der Waals surface area contributed by atoms with Gasteiger partial charge in [-0.15, -0.1) is 0 Å². The SMILES string of the molecule is N#CCCCCC(F)(F)CC(CCc1ccc(F)cc1)C1=C(C(=O)O)CC2(CC1)OCCO2. The van der Waals surface area contributed by atoms with Gasteiger partial charge in [0, 0.05) is 37.7 Å². The van der Waals surface area contributed by atoms with Gasteiger partial charge >= 0.3 is 5.97 Å². The zero-order valence-electron chi connectivity index (χ0n) is 18.6. The first-order valence-corrected chi connectivity index (χ1v) is 11.5. The smallest absolute Gasteiger partial charge is 0.331 e. The number of hydrogen-bond donors (Lipinski definition) is 1. The quantitative estimate of drug-likeness (QED) is 0.418. The number of unbranched alkanes of at least 4 members (excludes halogenated alkanes) is 2. The third-order valence-electron chi connectivity index (χ3n) is 6.49. The van der Waals surface area contributed by atoms with E-state index in [9.17, 15) is 23.1 Å². The van der Waals surface area contributed by atoms with Crippen molar-refractivity contribution >= 4 is 5.97 Å². The lowest BCUT2D eigenvalue weighted by atomic mass is 9.76. The Morgan fingerprint density at radius 1 is 1.21 bits per heavy atom. The molecule has 3 rings (SSSR count). The molecule has 1 spiro atoms. The molecule has 1 unspecified atom stereocenters. The van der Waals surface area contributed by atoms with Gasteiger partial charge in [0.25, 0.3) is 0 Å². The molecule has 1 atom stereocenters.